The van der Waals surface area contributed by atoms with Gasteiger partial charge in [0.25, 0.3) is 0 Å². The smallest absolute Gasteiger partial charge is 0.115 e. The summed E-state index contributed by atoms with van der Waals surface area (Å²) in [6.07, 6.45) is 5.60. The molecule has 0 aliphatic rings. The molecular weight excluding hydrogens is 312 g/mol. The molecule has 0 fully saturated rings. The van der Waals surface area contributed by atoms with Crippen molar-refractivity contribution < 1.29 is 5.11 Å². The Bertz CT molecular complexity index is 791. The first-order valence-corrected chi connectivity index (χ1v) is 8.09. The van der Waals surface area contributed by atoms with Gasteiger partial charge in [-0.25, -0.2) is 9.97 Å². The van der Waals surface area contributed by atoms with Gasteiger partial charge in [0.1, 0.15) is 11.8 Å². The molecule has 0 aliphatic carbocycles. The molecule has 0 aromatic carbocycles. The Kier molecular flexibility index (Phi) is 4.75. The number of aliphatic hydroxyl groups is 1. The van der Waals surface area contributed by atoms with E-state index in [1.807, 2.05) is 13.0 Å². The summed E-state index contributed by atoms with van der Waals surface area (Å²) in [4.78, 5) is 9.24. The van der Waals surface area contributed by atoms with E-state index < -0.39 is 0 Å². The van der Waals surface area contributed by atoms with E-state index in [0.29, 0.717) is 13.0 Å². The van der Waals surface area contributed by atoms with Crippen LogP contribution in [0, 0.1) is 6.92 Å². The van der Waals surface area contributed by atoms with Crippen LogP contribution < -0.4 is 11.1 Å². The Labute approximate surface area is 137 Å². The average Bonchev–Trinajstić information content (AvgIpc) is 2.90. The molecule has 3 aromatic heterocycles. The monoisotopic (exact) mass is 330 g/mol. The van der Waals surface area contributed by atoms with Crippen molar-refractivity contribution in [1.29, 1.82) is 0 Å². The zero-order chi connectivity index (χ0) is 16.2. The summed E-state index contributed by atoms with van der Waals surface area (Å²) in [5.41, 5.74) is 9.64. The van der Waals surface area contributed by atoms with Gasteiger partial charge in [-0.05, 0) is 25.0 Å². The van der Waals surface area contributed by atoms with E-state index in [-0.39, 0.29) is 12.6 Å². The fourth-order valence-corrected chi connectivity index (χ4v) is 3.61. The SMILES string of the molecule is Cc1c(C[C@@H](N)CO)sc2c(NCc3ccncn3)cnnc12. The largest absolute Gasteiger partial charge is 0.395 e. The second-order valence-corrected chi connectivity index (χ2v) is 6.39. The van der Waals surface area contributed by atoms with E-state index in [2.05, 4.69) is 25.5 Å². The molecule has 8 heteroatoms. The van der Waals surface area contributed by atoms with Gasteiger partial charge in [-0.3, -0.25) is 0 Å². The van der Waals surface area contributed by atoms with Crippen LogP contribution in [-0.4, -0.2) is 37.9 Å². The van der Waals surface area contributed by atoms with Gasteiger partial charge in [0.05, 0.1) is 35.4 Å². The first kappa shape index (κ1) is 15.7. The molecule has 0 bridgehead atoms. The van der Waals surface area contributed by atoms with E-state index in [4.69, 9.17) is 10.8 Å². The van der Waals surface area contributed by atoms with Crippen LogP contribution in [0.15, 0.2) is 24.8 Å². The Morgan fingerprint density at radius 3 is 3.04 bits per heavy atom. The number of anilines is 1. The van der Waals surface area contributed by atoms with Gasteiger partial charge in [0, 0.05) is 17.1 Å². The number of nitrogens with one attached hydrogen (secondary N) is 1. The number of nitrogens with zero attached hydrogens (tertiary/aromatic N) is 4. The number of aliphatic hydroxyl groups excluding tert-OH is 1. The summed E-state index contributed by atoms with van der Waals surface area (Å²) in [7, 11) is 0. The highest BCUT2D eigenvalue weighted by atomic mass is 32.1. The van der Waals surface area contributed by atoms with Gasteiger partial charge in [-0.1, -0.05) is 0 Å². The molecule has 0 amide bonds. The molecular formula is C15H18N6OS. The predicted octanol–water partition coefficient (Wildman–Crippen LogP) is 1.26. The van der Waals surface area contributed by atoms with Crippen LogP contribution in [0.5, 0.6) is 0 Å². The van der Waals surface area contributed by atoms with Gasteiger partial charge in [0.2, 0.25) is 0 Å². The number of hydrogen-bond donors (Lipinski definition) is 3. The van der Waals surface area contributed by atoms with Gasteiger partial charge in [-0.15, -0.1) is 16.4 Å². The van der Waals surface area contributed by atoms with Gasteiger partial charge >= 0.3 is 0 Å². The molecule has 0 spiro atoms. The topological polar surface area (TPSA) is 110 Å². The van der Waals surface area contributed by atoms with E-state index in [1.54, 1.807) is 23.7 Å². The fraction of sp³-hybridized carbons (Fsp3) is 0.333. The summed E-state index contributed by atoms with van der Waals surface area (Å²) in [6.45, 7) is 2.57. The van der Waals surface area contributed by atoms with Crippen molar-refractivity contribution in [3.8, 4) is 0 Å². The molecule has 1 atom stereocenters. The van der Waals surface area contributed by atoms with Crippen molar-refractivity contribution in [3.05, 3.63) is 40.9 Å². The lowest BCUT2D eigenvalue weighted by atomic mass is 10.1. The normalized spacial score (nSPS) is 12.5. The summed E-state index contributed by atoms with van der Waals surface area (Å²) in [5, 5.41) is 20.8. The molecule has 0 saturated heterocycles. The maximum atomic E-state index is 9.15. The minimum Gasteiger partial charge on any atom is -0.395 e. The van der Waals surface area contributed by atoms with E-state index in [1.165, 1.54) is 6.33 Å². The second kappa shape index (κ2) is 6.95. The summed E-state index contributed by atoms with van der Waals surface area (Å²) in [6, 6.07) is 1.61. The minimum atomic E-state index is -0.257. The lowest BCUT2D eigenvalue weighted by Crippen LogP contribution is -2.26. The van der Waals surface area contributed by atoms with Crippen LogP contribution in [-0.2, 0) is 13.0 Å². The first-order valence-electron chi connectivity index (χ1n) is 7.28. The molecule has 0 aliphatic heterocycles. The zero-order valence-corrected chi connectivity index (χ0v) is 13.5. The maximum Gasteiger partial charge on any atom is 0.115 e. The first-order chi connectivity index (χ1) is 11.2. The molecule has 120 valence electrons. The van der Waals surface area contributed by atoms with Crippen molar-refractivity contribution in [2.75, 3.05) is 11.9 Å². The molecule has 4 N–H and O–H groups in total. The van der Waals surface area contributed by atoms with Gasteiger partial charge in [0.15, 0.2) is 0 Å². The number of rotatable bonds is 6. The van der Waals surface area contributed by atoms with Crippen LogP contribution in [0.4, 0.5) is 5.69 Å². The zero-order valence-electron chi connectivity index (χ0n) is 12.7. The van der Waals surface area contributed by atoms with Gasteiger partial charge < -0.3 is 16.2 Å². The lowest BCUT2D eigenvalue weighted by Gasteiger charge is -2.06. The highest BCUT2D eigenvalue weighted by Gasteiger charge is 2.15. The van der Waals surface area contributed by atoms with Crippen LogP contribution in [0.3, 0.4) is 0 Å². The Balaban J connectivity index is 1.87. The van der Waals surface area contributed by atoms with Crippen molar-refractivity contribution in [3.63, 3.8) is 0 Å². The molecule has 0 saturated carbocycles. The van der Waals surface area contributed by atoms with Crippen LogP contribution >= 0.6 is 11.3 Å². The number of hydrogen-bond acceptors (Lipinski definition) is 8. The van der Waals surface area contributed by atoms with Crippen molar-refractivity contribution >= 4 is 27.2 Å². The fourth-order valence-electron chi connectivity index (χ4n) is 2.29. The summed E-state index contributed by atoms with van der Waals surface area (Å²) >= 11 is 1.64. The molecule has 0 unspecified atom stereocenters. The number of aryl methyl sites for hydroxylation is 1. The van der Waals surface area contributed by atoms with Crippen molar-refractivity contribution in [1.82, 2.24) is 20.2 Å². The number of thiophene rings is 1. The number of aromatic nitrogens is 4. The molecule has 7 nitrogen and oxygen atoms in total. The highest BCUT2D eigenvalue weighted by Crippen LogP contribution is 2.34. The molecule has 3 rings (SSSR count). The molecule has 3 aromatic rings. The predicted molar refractivity (Wildman–Crippen MR) is 90.3 cm³/mol. The van der Waals surface area contributed by atoms with Crippen molar-refractivity contribution in [2.45, 2.75) is 25.9 Å². The average molecular weight is 330 g/mol. The van der Waals surface area contributed by atoms with E-state index >= 15 is 0 Å². The molecule has 0 radical (unpaired) electrons. The standard InChI is InChI=1S/C15H18N6OS/c1-9-13(4-10(16)7-22)23-15-12(6-20-21-14(9)15)18-5-11-2-3-17-8-19-11/h2-3,6,8,10,22H,4-5,7,16H2,1H3,(H,18,21)/t10-/m1/s1. The third kappa shape index (κ3) is 3.44. The van der Waals surface area contributed by atoms with Crippen LogP contribution in [0.1, 0.15) is 16.1 Å². The van der Waals surface area contributed by atoms with Crippen LogP contribution in [0.25, 0.3) is 10.2 Å². The minimum absolute atomic E-state index is 0.0296. The molecule has 3 heterocycles. The Morgan fingerprint density at radius 1 is 1.43 bits per heavy atom. The number of fused-ring (bicyclic) bond motifs is 1. The Hall–Kier alpha value is -2.16. The Morgan fingerprint density at radius 2 is 2.30 bits per heavy atom. The maximum absolute atomic E-state index is 9.15. The van der Waals surface area contributed by atoms with E-state index in [9.17, 15) is 0 Å². The van der Waals surface area contributed by atoms with Gasteiger partial charge in [-0.2, -0.15) is 5.10 Å². The van der Waals surface area contributed by atoms with Crippen molar-refractivity contribution in [2.24, 2.45) is 5.73 Å². The third-order valence-corrected chi connectivity index (χ3v) is 4.92. The highest BCUT2D eigenvalue weighted by molar-refractivity contribution is 7.19. The molecule has 23 heavy (non-hydrogen) atoms. The summed E-state index contributed by atoms with van der Waals surface area (Å²) in [5.74, 6) is 0. The third-order valence-electron chi connectivity index (χ3n) is 3.59. The van der Waals surface area contributed by atoms with Crippen LogP contribution in [0.2, 0.25) is 0 Å². The second-order valence-electron chi connectivity index (χ2n) is 5.29. The lowest BCUT2D eigenvalue weighted by molar-refractivity contribution is 0.265. The summed E-state index contributed by atoms with van der Waals surface area (Å²) < 4.78 is 1.05. The quantitative estimate of drug-likeness (QED) is 0.624. The number of nitrogens with two attached hydrogens (primary N) is 1. The van der Waals surface area contributed by atoms with E-state index in [0.717, 1.165) is 32.0 Å².